The minimum atomic E-state index is -0.213. The number of hydrogen-bond donors (Lipinski definition) is 1. The van der Waals surface area contributed by atoms with Crippen molar-refractivity contribution in [2.75, 3.05) is 26.7 Å². The summed E-state index contributed by atoms with van der Waals surface area (Å²) in [6.07, 6.45) is 2.63. The lowest BCUT2D eigenvalue weighted by Gasteiger charge is -2.32. The van der Waals surface area contributed by atoms with Gasteiger partial charge in [0.1, 0.15) is 11.6 Å². The second-order valence-electron chi connectivity index (χ2n) is 7.56. The highest BCUT2D eigenvalue weighted by Crippen LogP contribution is 2.21. The first-order valence-corrected chi connectivity index (χ1v) is 9.93. The molecule has 0 bridgehead atoms. The molecule has 0 saturated carbocycles. The number of likely N-dealkylation sites (tertiary alicyclic amines) is 1. The van der Waals surface area contributed by atoms with E-state index in [1.165, 1.54) is 11.6 Å². The van der Waals surface area contributed by atoms with Gasteiger partial charge in [-0.2, -0.15) is 0 Å². The van der Waals surface area contributed by atoms with Crippen molar-refractivity contribution in [3.05, 3.63) is 65.0 Å². The Labute approximate surface area is 166 Å². The second-order valence-corrected chi connectivity index (χ2v) is 7.56. The Morgan fingerprint density at radius 3 is 2.93 bits per heavy atom. The van der Waals surface area contributed by atoms with Crippen molar-refractivity contribution in [2.45, 2.75) is 32.7 Å². The minimum Gasteiger partial charge on any atom is -0.496 e. The molecule has 1 aliphatic rings. The summed E-state index contributed by atoms with van der Waals surface area (Å²) in [4.78, 5) is 14.9. The zero-order valence-electron chi connectivity index (χ0n) is 16.7. The summed E-state index contributed by atoms with van der Waals surface area (Å²) in [5.41, 5.74) is 3.24. The summed E-state index contributed by atoms with van der Waals surface area (Å²) in [7, 11) is 1.67. The van der Waals surface area contributed by atoms with E-state index < -0.39 is 0 Å². The van der Waals surface area contributed by atoms with E-state index in [1.807, 2.05) is 18.2 Å². The smallest absolute Gasteiger partial charge is 0.224 e. The lowest BCUT2D eigenvalue weighted by atomic mass is 9.96. The molecule has 1 amide bonds. The molecule has 1 heterocycles. The number of carbonyl (C=O) groups excluding carboxylic acids is 1. The maximum Gasteiger partial charge on any atom is 0.224 e. The zero-order chi connectivity index (χ0) is 19.9. The van der Waals surface area contributed by atoms with Crippen LogP contribution in [0.25, 0.3) is 0 Å². The minimum absolute atomic E-state index is 0.0123. The third kappa shape index (κ3) is 5.55. The van der Waals surface area contributed by atoms with Crippen LogP contribution in [-0.4, -0.2) is 37.6 Å². The third-order valence-electron chi connectivity index (χ3n) is 5.30. The molecular weight excluding hydrogens is 355 g/mol. The molecule has 1 atom stereocenters. The number of methoxy groups -OCH3 is 1. The molecule has 1 N–H and O–H groups in total. The van der Waals surface area contributed by atoms with Crippen molar-refractivity contribution >= 4 is 5.91 Å². The van der Waals surface area contributed by atoms with Crippen LogP contribution < -0.4 is 10.1 Å². The summed E-state index contributed by atoms with van der Waals surface area (Å²) >= 11 is 0. The molecule has 3 rings (SSSR count). The van der Waals surface area contributed by atoms with Crippen molar-refractivity contribution in [2.24, 2.45) is 5.92 Å². The summed E-state index contributed by atoms with van der Waals surface area (Å²) in [5.74, 6) is 0.742. The predicted molar refractivity (Wildman–Crippen MR) is 109 cm³/mol. The second kappa shape index (κ2) is 9.69. The van der Waals surface area contributed by atoms with Crippen molar-refractivity contribution in [3.8, 4) is 5.75 Å². The molecule has 4 nitrogen and oxygen atoms in total. The average molecular weight is 384 g/mol. The van der Waals surface area contributed by atoms with E-state index in [-0.39, 0.29) is 17.6 Å². The number of piperidine rings is 1. The van der Waals surface area contributed by atoms with Crippen molar-refractivity contribution in [1.82, 2.24) is 10.2 Å². The summed E-state index contributed by atoms with van der Waals surface area (Å²) in [5, 5.41) is 3.08. The van der Waals surface area contributed by atoms with Crippen molar-refractivity contribution in [1.29, 1.82) is 0 Å². The summed E-state index contributed by atoms with van der Waals surface area (Å²) in [6, 6.07) is 12.8. The number of hydrogen-bond acceptors (Lipinski definition) is 3. The number of halogens is 1. The maximum absolute atomic E-state index is 13.4. The first-order chi connectivity index (χ1) is 13.5. The molecule has 0 spiro atoms. The van der Waals surface area contributed by atoms with Crippen LogP contribution in [0.15, 0.2) is 42.5 Å². The zero-order valence-corrected chi connectivity index (χ0v) is 16.7. The van der Waals surface area contributed by atoms with Gasteiger partial charge in [-0.05, 0) is 62.1 Å². The van der Waals surface area contributed by atoms with Gasteiger partial charge in [-0.25, -0.2) is 4.39 Å². The van der Waals surface area contributed by atoms with Gasteiger partial charge in [0.25, 0.3) is 0 Å². The van der Waals surface area contributed by atoms with Gasteiger partial charge in [0.2, 0.25) is 5.91 Å². The van der Waals surface area contributed by atoms with E-state index in [1.54, 1.807) is 19.2 Å². The average Bonchev–Trinajstić information content (AvgIpc) is 2.68. The predicted octanol–water partition coefficient (Wildman–Crippen LogP) is 3.71. The number of nitrogens with zero attached hydrogens (tertiary/aromatic N) is 1. The Morgan fingerprint density at radius 1 is 1.29 bits per heavy atom. The normalized spacial score (nSPS) is 17.3. The van der Waals surface area contributed by atoms with Crippen LogP contribution in [0.5, 0.6) is 5.75 Å². The Balaban J connectivity index is 1.49. The van der Waals surface area contributed by atoms with Crippen LogP contribution in [0, 0.1) is 18.7 Å². The van der Waals surface area contributed by atoms with Crippen LogP contribution in [0.3, 0.4) is 0 Å². The van der Waals surface area contributed by atoms with Crippen LogP contribution in [0.2, 0.25) is 0 Å². The molecule has 1 aliphatic heterocycles. The fraction of sp³-hybridized carbons (Fsp3) is 0.435. The van der Waals surface area contributed by atoms with Crippen LogP contribution >= 0.6 is 0 Å². The molecule has 1 fully saturated rings. The molecule has 0 aromatic heterocycles. The molecule has 2 aromatic rings. The highest BCUT2D eigenvalue weighted by molar-refractivity contribution is 5.79. The van der Waals surface area contributed by atoms with E-state index >= 15 is 0 Å². The molecular formula is C23H29FN2O2. The SMILES string of the molecule is COc1ccc(C)cc1CCNC(=O)C1CCCN(Cc2cccc(F)c2)C1. The third-order valence-corrected chi connectivity index (χ3v) is 5.30. The Bertz CT molecular complexity index is 809. The fourth-order valence-electron chi connectivity index (χ4n) is 3.87. The fourth-order valence-corrected chi connectivity index (χ4v) is 3.87. The monoisotopic (exact) mass is 384 g/mol. The molecule has 0 radical (unpaired) electrons. The summed E-state index contributed by atoms with van der Waals surface area (Å²) in [6.45, 7) is 4.99. The molecule has 2 aromatic carbocycles. The lowest BCUT2D eigenvalue weighted by Crippen LogP contribution is -2.43. The van der Waals surface area contributed by atoms with Gasteiger partial charge >= 0.3 is 0 Å². The van der Waals surface area contributed by atoms with Crippen LogP contribution in [0.4, 0.5) is 4.39 Å². The number of aryl methyl sites for hydroxylation is 1. The van der Waals surface area contributed by atoms with E-state index in [0.29, 0.717) is 13.1 Å². The topological polar surface area (TPSA) is 41.6 Å². The van der Waals surface area contributed by atoms with Gasteiger partial charge in [0.05, 0.1) is 13.0 Å². The number of carbonyl (C=O) groups is 1. The number of benzene rings is 2. The van der Waals surface area contributed by atoms with Gasteiger partial charge in [0.15, 0.2) is 0 Å². The van der Waals surface area contributed by atoms with Crippen molar-refractivity contribution in [3.63, 3.8) is 0 Å². The van der Waals surface area contributed by atoms with Gasteiger partial charge < -0.3 is 10.1 Å². The van der Waals surface area contributed by atoms with E-state index in [2.05, 4.69) is 23.2 Å². The maximum atomic E-state index is 13.4. The van der Waals surface area contributed by atoms with E-state index in [0.717, 1.165) is 49.2 Å². The van der Waals surface area contributed by atoms with E-state index in [9.17, 15) is 9.18 Å². The van der Waals surface area contributed by atoms with Gasteiger partial charge in [0, 0.05) is 19.6 Å². The molecule has 1 unspecified atom stereocenters. The van der Waals surface area contributed by atoms with E-state index in [4.69, 9.17) is 4.74 Å². The first kappa shape index (κ1) is 20.3. The van der Waals surface area contributed by atoms with Gasteiger partial charge in [-0.1, -0.05) is 29.8 Å². The highest BCUT2D eigenvalue weighted by atomic mass is 19.1. The Kier molecular flexibility index (Phi) is 7.04. The summed E-state index contributed by atoms with van der Waals surface area (Å²) < 4.78 is 18.8. The number of ether oxygens (including phenoxy) is 1. The molecule has 5 heteroatoms. The molecule has 28 heavy (non-hydrogen) atoms. The molecule has 150 valence electrons. The quantitative estimate of drug-likeness (QED) is 0.791. The first-order valence-electron chi connectivity index (χ1n) is 9.93. The Morgan fingerprint density at radius 2 is 2.14 bits per heavy atom. The number of nitrogens with one attached hydrogen (secondary N) is 1. The van der Waals surface area contributed by atoms with Gasteiger partial charge in [-0.15, -0.1) is 0 Å². The van der Waals surface area contributed by atoms with Crippen molar-refractivity contribution < 1.29 is 13.9 Å². The highest BCUT2D eigenvalue weighted by Gasteiger charge is 2.25. The van der Waals surface area contributed by atoms with Gasteiger partial charge in [-0.3, -0.25) is 9.69 Å². The lowest BCUT2D eigenvalue weighted by molar-refractivity contribution is -0.126. The standard InChI is InChI=1S/C23H29FN2O2/c1-17-8-9-22(28-2)19(13-17)10-11-25-23(27)20-6-4-12-26(16-20)15-18-5-3-7-21(24)14-18/h3,5,7-9,13-14,20H,4,6,10-12,15-16H2,1-2H3,(H,25,27). The Hall–Kier alpha value is -2.40. The molecule has 1 saturated heterocycles. The van der Waals surface area contributed by atoms with Crippen LogP contribution in [-0.2, 0) is 17.8 Å². The largest absolute Gasteiger partial charge is 0.496 e. The van der Waals surface area contributed by atoms with Crippen LogP contribution in [0.1, 0.15) is 29.5 Å². The number of rotatable bonds is 7. The number of amides is 1. The molecule has 0 aliphatic carbocycles.